The maximum Gasteiger partial charge on any atom is 0.123 e. The minimum Gasteiger partial charge on any atom is -0.382 e. The van der Waals surface area contributed by atoms with Crippen LogP contribution in [0.5, 0.6) is 0 Å². The van der Waals surface area contributed by atoms with Crippen LogP contribution in [0.15, 0.2) is 24.3 Å². The molecule has 96 valence electrons. The van der Waals surface area contributed by atoms with Gasteiger partial charge in [0.2, 0.25) is 0 Å². The smallest absolute Gasteiger partial charge is 0.123 e. The molecule has 1 atom stereocenters. The normalized spacial score (nSPS) is 12.7. The van der Waals surface area contributed by atoms with Gasteiger partial charge in [-0.05, 0) is 42.7 Å². The lowest BCUT2D eigenvalue weighted by atomic mass is 10.0. The molecule has 1 N–H and O–H groups in total. The maximum atomic E-state index is 13.3. The first-order chi connectivity index (χ1) is 8.52. The minimum absolute atomic E-state index is 0.340. The molecule has 1 unspecified atom stereocenters. The van der Waals surface area contributed by atoms with Crippen LogP contribution in [0.2, 0.25) is 0 Å². The summed E-state index contributed by atoms with van der Waals surface area (Å²) in [6.07, 6.45) is -0.0404. The van der Waals surface area contributed by atoms with E-state index >= 15 is 0 Å². The average molecular weight is 248 g/mol. The SMILES string of the molecule is CCc1cc(C(O)c2cc(F)ccc2C)n(C)n1. The van der Waals surface area contributed by atoms with Crippen molar-refractivity contribution in [3.05, 3.63) is 52.6 Å². The fourth-order valence-corrected chi connectivity index (χ4v) is 2.04. The quantitative estimate of drug-likeness (QED) is 0.906. The number of hydrogen-bond acceptors (Lipinski definition) is 2. The van der Waals surface area contributed by atoms with Gasteiger partial charge in [-0.1, -0.05) is 13.0 Å². The van der Waals surface area contributed by atoms with Crippen molar-refractivity contribution in [2.45, 2.75) is 26.4 Å². The molecule has 0 aliphatic rings. The van der Waals surface area contributed by atoms with Crippen molar-refractivity contribution in [3.63, 3.8) is 0 Å². The molecule has 0 aliphatic carbocycles. The number of rotatable bonds is 3. The minimum atomic E-state index is -0.849. The molecule has 1 aromatic carbocycles. The monoisotopic (exact) mass is 248 g/mol. The van der Waals surface area contributed by atoms with Crippen LogP contribution in [0.1, 0.15) is 35.5 Å². The average Bonchev–Trinajstić information content (AvgIpc) is 2.73. The third-order valence-electron chi connectivity index (χ3n) is 3.14. The molecule has 0 aliphatic heterocycles. The topological polar surface area (TPSA) is 38.0 Å². The number of hydrogen-bond donors (Lipinski definition) is 1. The van der Waals surface area contributed by atoms with Crippen LogP contribution in [-0.2, 0) is 13.5 Å². The highest BCUT2D eigenvalue weighted by molar-refractivity contribution is 5.33. The van der Waals surface area contributed by atoms with Crippen LogP contribution >= 0.6 is 0 Å². The molecular formula is C14H17FN2O. The van der Waals surface area contributed by atoms with Gasteiger partial charge in [-0.25, -0.2) is 4.39 Å². The third-order valence-corrected chi connectivity index (χ3v) is 3.14. The van der Waals surface area contributed by atoms with Gasteiger partial charge in [-0.15, -0.1) is 0 Å². The zero-order chi connectivity index (χ0) is 13.3. The summed E-state index contributed by atoms with van der Waals surface area (Å²) in [7, 11) is 1.78. The Morgan fingerprint density at radius 3 is 2.72 bits per heavy atom. The lowest BCUT2D eigenvalue weighted by Gasteiger charge is -2.14. The Kier molecular flexibility index (Phi) is 3.48. The molecule has 2 aromatic rings. The Labute approximate surface area is 106 Å². The van der Waals surface area contributed by atoms with E-state index in [0.717, 1.165) is 17.7 Å². The van der Waals surface area contributed by atoms with E-state index in [2.05, 4.69) is 5.10 Å². The molecule has 4 heteroatoms. The van der Waals surface area contributed by atoms with E-state index in [9.17, 15) is 9.50 Å². The number of halogens is 1. The lowest BCUT2D eigenvalue weighted by molar-refractivity contribution is 0.208. The van der Waals surface area contributed by atoms with Crippen LogP contribution < -0.4 is 0 Å². The first-order valence-corrected chi connectivity index (χ1v) is 6.00. The molecule has 0 saturated heterocycles. The summed E-state index contributed by atoms with van der Waals surface area (Å²) in [6, 6.07) is 6.30. The molecule has 3 nitrogen and oxygen atoms in total. The molecule has 0 spiro atoms. The van der Waals surface area contributed by atoms with Crippen molar-refractivity contribution >= 4 is 0 Å². The Bertz CT molecular complexity index is 563. The fraction of sp³-hybridized carbons (Fsp3) is 0.357. The first kappa shape index (κ1) is 12.8. The van der Waals surface area contributed by atoms with Crippen molar-refractivity contribution < 1.29 is 9.50 Å². The van der Waals surface area contributed by atoms with E-state index < -0.39 is 6.10 Å². The molecule has 2 rings (SSSR count). The van der Waals surface area contributed by atoms with Gasteiger partial charge in [0.25, 0.3) is 0 Å². The Morgan fingerprint density at radius 2 is 2.11 bits per heavy atom. The van der Waals surface area contributed by atoms with Gasteiger partial charge in [-0.2, -0.15) is 5.10 Å². The number of aliphatic hydroxyl groups excluding tert-OH is 1. The van der Waals surface area contributed by atoms with Gasteiger partial charge in [0.1, 0.15) is 11.9 Å². The standard InChI is InChI=1S/C14H17FN2O/c1-4-11-8-13(17(3)16-11)14(18)12-7-10(15)6-5-9(12)2/h5-8,14,18H,4H2,1-3H3. The fourth-order valence-electron chi connectivity index (χ4n) is 2.04. The highest BCUT2D eigenvalue weighted by Gasteiger charge is 2.18. The first-order valence-electron chi connectivity index (χ1n) is 6.00. The van der Waals surface area contributed by atoms with Crippen molar-refractivity contribution in [1.29, 1.82) is 0 Å². The van der Waals surface area contributed by atoms with Gasteiger partial charge in [0, 0.05) is 7.05 Å². The Morgan fingerprint density at radius 1 is 1.39 bits per heavy atom. The molecule has 18 heavy (non-hydrogen) atoms. The van der Waals surface area contributed by atoms with Crippen molar-refractivity contribution in [2.75, 3.05) is 0 Å². The van der Waals surface area contributed by atoms with Crippen molar-refractivity contribution in [3.8, 4) is 0 Å². The summed E-state index contributed by atoms with van der Waals surface area (Å²) < 4.78 is 14.9. The van der Waals surface area contributed by atoms with Crippen LogP contribution in [0.4, 0.5) is 4.39 Å². The Hall–Kier alpha value is -1.68. The van der Waals surface area contributed by atoms with Crippen LogP contribution in [0.25, 0.3) is 0 Å². The number of aryl methyl sites for hydroxylation is 3. The highest BCUT2D eigenvalue weighted by atomic mass is 19.1. The summed E-state index contributed by atoms with van der Waals surface area (Å²) in [6.45, 7) is 3.86. The van der Waals surface area contributed by atoms with E-state index in [-0.39, 0.29) is 5.82 Å². The number of aliphatic hydroxyl groups is 1. The second-order valence-electron chi connectivity index (χ2n) is 4.44. The Balaban J connectivity index is 2.43. The van der Waals surface area contributed by atoms with Gasteiger partial charge in [0.05, 0.1) is 11.4 Å². The second-order valence-corrected chi connectivity index (χ2v) is 4.44. The number of benzene rings is 1. The third kappa shape index (κ3) is 2.29. The summed E-state index contributed by atoms with van der Waals surface area (Å²) in [4.78, 5) is 0. The predicted octanol–water partition coefficient (Wildman–Crippen LogP) is 2.51. The molecule has 0 fully saturated rings. The molecule has 0 radical (unpaired) electrons. The molecular weight excluding hydrogens is 231 g/mol. The van der Waals surface area contributed by atoms with Crippen LogP contribution in [0.3, 0.4) is 0 Å². The summed E-state index contributed by atoms with van der Waals surface area (Å²) in [5.74, 6) is -0.340. The van der Waals surface area contributed by atoms with E-state index in [1.165, 1.54) is 12.1 Å². The molecule has 0 amide bonds. The number of aromatic nitrogens is 2. The van der Waals surface area contributed by atoms with Crippen molar-refractivity contribution in [1.82, 2.24) is 9.78 Å². The molecule has 0 saturated carbocycles. The summed E-state index contributed by atoms with van der Waals surface area (Å²) in [5.41, 5.74) is 3.05. The number of nitrogens with zero attached hydrogens (tertiary/aromatic N) is 2. The maximum absolute atomic E-state index is 13.3. The van der Waals surface area contributed by atoms with Crippen LogP contribution in [0, 0.1) is 12.7 Å². The highest BCUT2D eigenvalue weighted by Crippen LogP contribution is 2.25. The van der Waals surface area contributed by atoms with E-state index in [4.69, 9.17) is 0 Å². The second kappa shape index (κ2) is 4.90. The lowest BCUT2D eigenvalue weighted by Crippen LogP contribution is -2.08. The van der Waals surface area contributed by atoms with E-state index in [0.29, 0.717) is 11.3 Å². The largest absolute Gasteiger partial charge is 0.382 e. The molecule has 1 aromatic heterocycles. The van der Waals surface area contributed by atoms with E-state index in [1.807, 2.05) is 19.9 Å². The molecule has 1 heterocycles. The zero-order valence-corrected chi connectivity index (χ0v) is 10.8. The predicted molar refractivity (Wildman–Crippen MR) is 67.8 cm³/mol. The summed E-state index contributed by atoms with van der Waals surface area (Å²) >= 11 is 0. The van der Waals surface area contributed by atoms with Gasteiger partial charge < -0.3 is 5.11 Å². The van der Waals surface area contributed by atoms with Gasteiger partial charge in [-0.3, -0.25) is 4.68 Å². The van der Waals surface area contributed by atoms with Crippen LogP contribution in [-0.4, -0.2) is 14.9 Å². The van der Waals surface area contributed by atoms with Crippen molar-refractivity contribution in [2.24, 2.45) is 7.05 Å². The molecule has 0 bridgehead atoms. The van der Waals surface area contributed by atoms with Gasteiger partial charge >= 0.3 is 0 Å². The van der Waals surface area contributed by atoms with Gasteiger partial charge in [0.15, 0.2) is 0 Å². The summed E-state index contributed by atoms with van der Waals surface area (Å²) in [5, 5.41) is 14.7. The zero-order valence-electron chi connectivity index (χ0n) is 10.8. The van der Waals surface area contributed by atoms with E-state index in [1.54, 1.807) is 17.8 Å².